The fraction of sp³-hybridized carbons (Fsp3) is 0.917. The van der Waals surface area contributed by atoms with Crippen LogP contribution < -0.4 is 5.32 Å². The fourth-order valence-corrected chi connectivity index (χ4v) is 2.60. The number of ether oxygens (including phenoxy) is 1. The average Bonchev–Trinajstić information content (AvgIpc) is 2.95. The summed E-state index contributed by atoms with van der Waals surface area (Å²) in [5.74, 6) is 2.52. The smallest absolute Gasteiger partial charge is 0.165 e. The Morgan fingerprint density at radius 1 is 1.44 bits per heavy atom. The number of hydrogen-bond donors (Lipinski definition) is 1. The number of hydrogen-bond acceptors (Lipinski definition) is 5. The number of methoxy groups -OCH3 is 1. The Bertz CT molecular complexity index is 354. The zero-order valence-electron chi connectivity index (χ0n) is 11.3. The Labute approximate surface area is 108 Å². The Kier molecular flexibility index (Phi) is 5.07. The Hall–Kier alpha value is -1.01. The van der Waals surface area contributed by atoms with Gasteiger partial charge >= 0.3 is 0 Å². The lowest BCUT2D eigenvalue weighted by molar-refractivity contribution is 0.198. The van der Waals surface area contributed by atoms with Gasteiger partial charge < -0.3 is 10.1 Å². The number of tetrazole rings is 1. The van der Waals surface area contributed by atoms with Crippen molar-refractivity contribution in [1.29, 1.82) is 0 Å². The molecule has 0 saturated heterocycles. The van der Waals surface area contributed by atoms with Gasteiger partial charge in [-0.05, 0) is 35.1 Å². The molecule has 0 amide bonds. The minimum atomic E-state index is 0.707. The lowest BCUT2D eigenvalue weighted by Crippen LogP contribution is -2.22. The van der Waals surface area contributed by atoms with Gasteiger partial charge in [-0.25, -0.2) is 4.68 Å². The van der Waals surface area contributed by atoms with Crippen molar-refractivity contribution < 1.29 is 4.74 Å². The first-order valence-corrected chi connectivity index (χ1v) is 6.74. The monoisotopic (exact) mass is 253 g/mol. The van der Waals surface area contributed by atoms with Crippen molar-refractivity contribution in [1.82, 2.24) is 25.5 Å². The standard InChI is InChI=1S/C12H23N5O/c1-10-3-4-11(7-10)9-17-12(14-15-16-17)8-13-5-6-18-2/h10-11,13H,3-9H2,1-2H3. The summed E-state index contributed by atoms with van der Waals surface area (Å²) in [6.07, 6.45) is 3.95. The van der Waals surface area contributed by atoms with Crippen molar-refractivity contribution in [3.63, 3.8) is 0 Å². The van der Waals surface area contributed by atoms with E-state index in [1.165, 1.54) is 19.3 Å². The molecule has 1 N–H and O–H groups in total. The minimum Gasteiger partial charge on any atom is -0.383 e. The second kappa shape index (κ2) is 6.80. The first kappa shape index (κ1) is 13.4. The molecule has 1 saturated carbocycles. The summed E-state index contributed by atoms with van der Waals surface area (Å²) < 4.78 is 6.94. The van der Waals surface area contributed by atoms with Crippen LogP contribution in [-0.2, 0) is 17.8 Å². The minimum absolute atomic E-state index is 0.707. The molecule has 18 heavy (non-hydrogen) atoms. The molecule has 6 nitrogen and oxygen atoms in total. The van der Waals surface area contributed by atoms with E-state index >= 15 is 0 Å². The van der Waals surface area contributed by atoms with Crippen molar-refractivity contribution in [2.75, 3.05) is 20.3 Å². The van der Waals surface area contributed by atoms with Gasteiger partial charge in [-0.1, -0.05) is 13.3 Å². The topological polar surface area (TPSA) is 64.9 Å². The van der Waals surface area contributed by atoms with E-state index in [1.54, 1.807) is 7.11 Å². The molecule has 2 atom stereocenters. The van der Waals surface area contributed by atoms with Gasteiger partial charge in [0.25, 0.3) is 0 Å². The molecular formula is C12H23N5O. The van der Waals surface area contributed by atoms with Crippen LogP contribution in [-0.4, -0.2) is 40.5 Å². The molecule has 1 fully saturated rings. The normalized spacial score (nSPS) is 23.7. The SMILES string of the molecule is COCCNCc1nnnn1CC1CCC(C)C1. The van der Waals surface area contributed by atoms with Gasteiger partial charge in [0.15, 0.2) is 5.82 Å². The highest BCUT2D eigenvalue weighted by molar-refractivity contribution is 4.82. The molecule has 6 heteroatoms. The van der Waals surface area contributed by atoms with Crippen molar-refractivity contribution in [3.8, 4) is 0 Å². The molecule has 1 heterocycles. The maximum Gasteiger partial charge on any atom is 0.165 e. The van der Waals surface area contributed by atoms with Crippen molar-refractivity contribution in [2.45, 2.75) is 39.3 Å². The molecule has 2 unspecified atom stereocenters. The first-order chi connectivity index (χ1) is 8.79. The number of nitrogens with one attached hydrogen (secondary N) is 1. The molecular weight excluding hydrogens is 230 g/mol. The predicted octanol–water partition coefficient (Wildman–Crippen LogP) is 0.845. The highest BCUT2D eigenvalue weighted by Crippen LogP contribution is 2.31. The van der Waals surface area contributed by atoms with Crippen LogP contribution in [0.5, 0.6) is 0 Å². The van der Waals surface area contributed by atoms with E-state index in [9.17, 15) is 0 Å². The van der Waals surface area contributed by atoms with Crippen LogP contribution in [0.1, 0.15) is 32.0 Å². The molecule has 0 radical (unpaired) electrons. The van der Waals surface area contributed by atoms with E-state index < -0.39 is 0 Å². The van der Waals surface area contributed by atoms with Crippen LogP contribution in [0.2, 0.25) is 0 Å². The Morgan fingerprint density at radius 2 is 2.33 bits per heavy atom. The number of aromatic nitrogens is 4. The second-order valence-electron chi connectivity index (χ2n) is 5.23. The molecule has 0 bridgehead atoms. The number of nitrogens with zero attached hydrogens (tertiary/aromatic N) is 4. The molecule has 1 aromatic heterocycles. The summed E-state index contributed by atoms with van der Waals surface area (Å²) in [6, 6.07) is 0. The van der Waals surface area contributed by atoms with Crippen molar-refractivity contribution in [2.24, 2.45) is 11.8 Å². The third-order valence-electron chi connectivity index (χ3n) is 3.61. The van der Waals surface area contributed by atoms with Gasteiger partial charge in [0.1, 0.15) is 0 Å². The largest absolute Gasteiger partial charge is 0.383 e. The summed E-state index contributed by atoms with van der Waals surface area (Å²) in [6.45, 7) is 5.52. The lowest BCUT2D eigenvalue weighted by Gasteiger charge is -2.11. The van der Waals surface area contributed by atoms with Crippen molar-refractivity contribution >= 4 is 0 Å². The van der Waals surface area contributed by atoms with Crippen LogP contribution in [0.15, 0.2) is 0 Å². The van der Waals surface area contributed by atoms with Crippen LogP contribution in [0.4, 0.5) is 0 Å². The van der Waals surface area contributed by atoms with Gasteiger partial charge in [-0.15, -0.1) is 5.10 Å². The molecule has 0 spiro atoms. The van der Waals surface area contributed by atoms with E-state index in [2.05, 4.69) is 27.8 Å². The second-order valence-corrected chi connectivity index (χ2v) is 5.23. The molecule has 0 aromatic carbocycles. The third-order valence-corrected chi connectivity index (χ3v) is 3.61. The summed E-state index contributed by atoms with van der Waals surface area (Å²) in [7, 11) is 1.70. The molecule has 2 rings (SSSR count). The van der Waals surface area contributed by atoms with E-state index in [4.69, 9.17) is 4.74 Å². The average molecular weight is 253 g/mol. The van der Waals surface area contributed by atoms with E-state index in [0.29, 0.717) is 13.2 Å². The number of rotatable bonds is 7. The molecule has 102 valence electrons. The van der Waals surface area contributed by atoms with Gasteiger partial charge in [0, 0.05) is 20.2 Å². The zero-order chi connectivity index (χ0) is 12.8. The molecule has 1 aliphatic rings. The van der Waals surface area contributed by atoms with Gasteiger partial charge in [-0.2, -0.15) is 0 Å². The summed E-state index contributed by atoms with van der Waals surface area (Å²) in [5.41, 5.74) is 0. The molecule has 1 aromatic rings. The van der Waals surface area contributed by atoms with Crippen LogP contribution in [0.25, 0.3) is 0 Å². The van der Waals surface area contributed by atoms with E-state index in [0.717, 1.165) is 30.7 Å². The summed E-state index contributed by atoms with van der Waals surface area (Å²) in [4.78, 5) is 0. The Morgan fingerprint density at radius 3 is 3.06 bits per heavy atom. The van der Waals surface area contributed by atoms with Gasteiger partial charge in [0.05, 0.1) is 13.2 Å². The van der Waals surface area contributed by atoms with E-state index in [1.807, 2.05) is 4.68 Å². The first-order valence-electron chi connectivity index (χ1n) is 6.74. The van der Waals surface area contributed by atoms with Crippen molar-refractivity contribution in [3.05, 3.63) is 5.82 Å². The Balaban J connectivity index is 1.79. The molecule has 0 aliphatic heterocycles. The lowest BCUT2D eigenvalue weighted by atomic mass is 10.1. The zero-order valence-corrected chi connectivity index (χ0v) is 11.3. The molecule has 1 aliphatic carbocycles. The summed E-state index contributed by atoms with van der Waals surface area (Å²) >= 11 is 0. The third kappa shape index (κ3) is 3.74. The highest BCUT2D eigenvalue weighted by atomic mass is 16.5. The maximum absolute atomic E-state index is 4.99. The maximum atomic E-state index is 4.99. The van der Waals surface area contributed by atoms with E-state index in [-0.39, 0.29) is 0 Å². The van der Waals surface area contributed by atoms with Gasteiger partial charge in [0.2, 0.25) is 0 Å². The van der Waals surface area contributed by atoms with Crippen LogP contribution in [0, 0.1) is 11.8 Å². The van der Waals surface area contributed by atoms with Crippen LogP contribution >= 0.6 is 0 Å². The fourth-order valence-electron chi connectivity index (χ4n) is 2.60. The van der Waals surface area contributed by atoms with Crippen LogP contribution in [0.3, 0.4) is 0 Å². The predicted molar refractivity (Wildman–Crippen MR) is 67.9 cm³/mol. The van der Waals surface area contributed by atoms with Gasteiger partial charge in [-0.3, -0.25) is 0 Å². The highest BCUT2D eigenvalue weighted by Gasteiger charge is 2.22. The quantitative estimate of drug-likeness (QED) is 0.730. The summed E-state index contributed by atoms with van der Waals surface area (Å²) in [5, 5.41) is 15.2.